The van der Waals surface area contributed by atoms with Crippen molar-refractivity contribution in [1.82, 2.24) is 4.98 Å². The van der Waals surface area contributed by atoms with E-state index in [0.717, 1.165) is 10.9 Å². The monoisotopic (exact) mass is 247 g/mol. The third kappa shape index (κ3) is 2.63. The van der Waals surface area contributed by atoms with Crippen LogP contribution in [0.3, 0.4) is 0 Å². The SMILES string of the molecule is CC(=O)/C=C/c1cc2cc(Cl)ccc2[nH]c1=O. The first-order chi connectivity index (χ1) is 8.06. The lowest BCUT2D eigenvalue weighted by molar-refractivity contribution is -0.112. The molecular weight excluding hydrogens is 238 g/mol. The van der Waals surface area contributed by atoms with Crippen molar-refractivity contribution in [2.24, 2.45) is 0 Å². The third-order valence-corrected chi connectivity index (χ3v) is 2.57. The summed E-state index contributed by atoms with van der Waals surface area (Å²) in [6.45, 7) is 1.43. The summed E-state index contributed by atoms with van der Waals surface area (Å²) in [4.78, 5) is 25.2. The van der Waals surface area contributed by atoms with Crippen molar-refractivity contribution in [1.29, 1.82) is 0 Å². The molecule has 3 nitrogen and oxygen atoms in total. The first-order valence-electron chi connectivity index (χ1n) is 5.07. The summed E-state index contributed by atoms with van der Waals surface area (Å²) < 4.78 is 0. The van der Waals surface area contributed by atoms with Crippen LogP contribution >= 0.6 is 11.6 Å². The zero-order chi connectivity index (χ0) is 12.4. The Hall–Kier alpha value is -1.87. The first-order valence-corrected chi connectivity index (χ1v) is 5.45. The van der Waals surface area contributed by atoms with Gasteiger partial charge in [0.25, 0.3) is 5.56 Å². The zero-order valence-electron chi connectivity index (χ0n) is 9.16. The van der Waals surface area contributed by atoms with Crippen molar-refractivity contribution >= 4 is 34.4 Å². The Morgan fingerprint density at radius 1 is 1.35 bits per heavy atom. The standard InChI is InChI=1S/C13H10ClNO2/c1-8(16)2-3-9-6-10-7-11(14)4-5-12(10)15-13(9)17/h2-7H,1H3,(H,15,17)/b3-2+. The normalized spacial score (nSPS) is 11.2. The summed E-state index contributed by atoms with van der Waals surface area (Å²) in [5.41, 5.74) is 0.937. The average Bonchev–Trinajstić information content (AvgIpc) is 2.26. The molecule has 0 saturated heterocycles. The molecule has 0 aliphatic carbocycles. The molecule has 0 spiro atoms. The maximum atomic E-state index is 11.7. The largest absolute Gasteiger partial charge is 0.321 e. The number of allylic oxidation sites excluding steroid dienone is 1. The Morgan fingerprint density at radius 3 is 2.82 bits per heavy atom. The van der Waals surface area contributed by atoms with E-state index in [-0.39, 0.29) is 11.3 Å². The van der Waals surface area contributed by atoms with Crippen LogP contribution in [0.2, 0.25) is 5.02 Å². The minimum absolute atomic E-state index is 0.101. The van der Waals surface area contributed by atoms with Crippen LogP contribution in [0.15, 0.2) is 35.1 Å². The van der Waals surface area contributed by atoms with Crippen molar-refractivity contribution in [3.8, 4) is 0 Å². The number of carbonyl (C=O) groups is 1. The summed E-state index contributed by atoms with van der Waals surface area (Å²) in [6.07, 6.45) is 2.86. The van der Waals surface area contributed by atoms with E-state index in [2.05, 4.69) is 4.98 Å². The minimum atomic E-state index is -0.225. The van der Waals surface area contributed by atoms with Crippen molar-refractivity contribution in [3.63, 3.8) is 0 Å². The van der Waals surface area contributed by atoms with Gasteiger partial charge in [-0.3, -0.25) is 9.59 Å². The van der Waals surface area contributed by atoms with Gasteiger partial charge >= 0.3 is 0 Å². The van der Waals surface area contributed by atoms with E-state index >= 15 is 0 Å². The Balaban J connectivity index is 2.61. The van der Waals surface area contributed by atoms with E-state index in [9.17, 15) is 9.59 Å². The number of fused-ring (bicyclic) bond motifs is 1. The average molecular weight is 248 g/mol. The van der Waals surface area contributed by atoms with Crippen molar-refractivity contribution < 1.29 is 4.79 Å². The predicted octanol–water partition coefficient (Wildman–Crippen LogP) is 2.78. The lowest BCUT2D eigenvalue weighted by Gasteiger charge is -2.00. The van der Waals surface area contributed by atoms with Gasteiger partial charge in [-0.1, -0.05) is 11.6 Å². The molecule has 0 bridgehead atoms. The molecule has 0 saturated carbocycles. The summed E-state index contributed by atoms with van der Waals surface area (Å²) in [5, 5.41) is 1.44. The Morgan fingerprint density at radius 2 is 2.12 bits per heavy atom. The predicted molar refractivity (Wildman–Crippen MR) is 69.3 cm³/mol. The van der Waals surface area contributed by atoms with E-state index in [1.165, 1.54) is 19.1 Å². The molecule has 4 heteroatoms. The van der Waals surface area contributed by atoms with Gasteiger partial charge in [0.1, 0.15) is 0 Å². The Kier molecular flexibility index (Phi) is 3.11. The molecule has 86 valence electrons. The van der Waals surface area contributed by atoms with E-state index in [1.54, 1.807) is 24.3 Å². The van der Waals surface area contributed by atoms with Gasteiger partial charge in [-0.2, -0.15) is 0 Å². The maximum Gasteiger partial charge on any atom is 0.255 e. The maximum absolute atomic E-state index is 11.7. The van der Waals surface area contributed by atoms with Crippen molar-refractivity contribution in [2.75, 3.05) is 0 Å². The molecule has 0 radical (unpaired) electrons. The van der Waals surface area contributed by atoms with Crippen LogP contribution in [-0.2, 0) is 4.79 Å². The molecule has 17 heavy (non-hydrogen) atoms. The van der Waals surface area contributed by atoms with E-state index in [0.29, 0.717) is 10.6 Å². The lowest BCUT2D eigenvalue weighted by Crippen LogP contribution is -2.08. The quantitative estimate of drug-likeness (QED) is 0.830. The van der Waals surface area contributed by atoms with Crippen LogP contribution in [0.5, 0.6) is 0 Å². The number of aromatic nitrogens is 1. The van der Waals surface area contributed by atoms with Crippen molar-refractivity contribution in [3.05, 3.63) is 51.3 Å². The second-order valence-electron chi connectivity index (χ2n) is 3.73. The van der Waals surface area contributed by atoms with Gasteiger partial charge in [-0.25, -0.2) is 0 Å². The summed E-state index contributed by atoms with van der Waals surface area (Å²) >= 11 is 5.87. The number of H-pyrrole nitrogens is 1. The number of pyridine rings is 1. The molecule has 0 atom stereocenters. The van der Waals surface area contributed by atoms with Gasteiger partial charge in [-0.15, -0.1) is 0 Å². The molecule has 0 unspecified atom stereocenters. The van der Waals surface area contributed by atoms with Crippen LogP contribution in [0.1, 0.15) is 12.5 Å². The fourth-order valence-corrected chi connectivity index (χ4v) is 1.71. The van der Waals surface area contributed by atoms with Crippen LogP contribution in [0, 0.1) is 0 Å². The zero-order valence-corrected chi connectivity index (χ0v) is 9.91. The number of benzene rings is 1. The van der Waals surface area contributed by atoms with Gasteiger partial charge in [0.05, 0.1) is 0 Å². The molecule has 1 aromatic heterocycles. The number of hydrogen-bond acceptors (Lipinski definition) is 2. The minimum Gasteiger partial charge on any atom is -0.321 e. The molecule has 2 aromatic rings. The van der Waals surface area contributed by atoms with Crippen LogP contribution in [0.25, 0.3) is 17.0 Å². The molecule has 0 fully saturated rings. The Labute approximate surface area is 103 Å². The van der Waals surface area contributed by atoms with Crippen LogP contribution < -0.4 is 5.56 Å². The van der Waals surface area contributed by atoms with Crippen molar-refractivity contribution in [2.45, 2.75) is 6.92 Å². The number of rotatable bonds is 2. The number of hydrogen-bond donors (Lipinski definition) is 1. The number of nitrogens with one attached hydrogen (secondary N) is 1. The van der Waals surface area contributed by atoms with E-state index in [1.807, 2.05) is 0 Å². The topological polar surface area (TPSA) is 49.9 Å². The van der Waals surface area contributed by atoms with Crippen LogP contribution in [-0.4, -0.2) is 10.8 Å². The molecule has 1 heterocycles. The number of halogens is 1. The third-order valence-electron chi connectivity index (χ3n) is 2.33. The number of ketones is 1. The van der Waals surface area contributed by atoms with E-state index < -0.39 is 0 Å². The fraction of sp³-hybridized carbons (Fsp3) is 0.0769. The number of carbonyl (C=O) groups excluding carboxylic acids is 1. The molecule has 0 amide bonds. The van der Waals surface area contributed by atoms with E-state index in [4.69, 9.17) is 11.6 Å². The molecular formula is C13H10ClNO2. The highest BCUT2D eigenvalue weighted by Gasteiger charge is 2.01. The molecule has 0 aliphatic rings. The second kappa shape index (κ2) is 4.55. The molecule has 1 N–H and O–H groups in total. The van der Waals surface area contributed by atoms with Gasteiger partial charge in [0.15, 0.2) is 5.78 Å². The summed E-state index contributed by atoms with van der Waals surface area (Å²) in [5.74, 6) is -0.101. The molecule has 2 rings (SSSR count). The lowest BCUT2D eigenvalue weighted by atomic mass is 10.1. The van der Waals surface area contributed by atoms with Gasteiger partial charge in [-0.05, 0) is 43.3 Å². The fourth-order valence-electron chi connectivity index (χ4n) is 1.53. The first kappa shape index (κ1) is 11.6. The summed E-state index contributed by atoms with van der Waals surface area (Å²) in [7, 11) is 0. The van der Waals surface area contributed by atoms with Gasteiger partial charge < -0.3 is 4.98 Å². The highest BCUT2D eigenvalue weighted by Crippen LogP contribution is 2.17. The second-order valence-corrected chi connectivity index (χ2v) is 4.17. The Bertz CT molecular complexity index is 671. The highest BCUT2D eigenvalue weighted by molar-refractivity contribution is 6.31. The molecule has 1 aromatic carbocycles. The highest BCUT2D eigenvalue weighted by atomic mass is 35.5. The van der Waals surface area contributed by atoms with Gasteiger partial charge in [0, 0.05) is 21.5 Å². The molecule has 0 aliphatic heterocycles. The summed E-state index contributed by atoms with van der Waals surface area (Å²) in [6, 6.07) is 6.93. The smallest absolute Gasteiger partial charge is 0.255 e. The van der Waals surface area contributed by atoms with Crippen LogP contribution in [0.4, 0.5) is 0 Å². The number of aromatic amines is 1. The van der Waals surface area contributed by atoms with Gasteiger partial charge in [0.2, 0.25) is 0 Å².